The Hall–Kier alpha value is -3.91. The van der Waals surface area contributed by atoms with E-state index in [2.05, 4.69) is 5.32 Å². The third-order valence-electron chi connectivity index (χ3n) is 6.23. The van der Waals surface area contributed by atoms with E-state index >= 15 is 0 Å². The van der Waals surface area contributed by atoms with Gasteiger partial charge in [0.2, 0.25) is 0 Å². The van der Waals surface area contributed by atoms with Gasteiger partial charge in [-0.25, -0.2) is 12.8 Å². The number of hydrogen-bond acceptors (Lipinski definition) is 4. The number of hydrogen-bond donors (Lipinski definition) is 1. The molecule has 1 aliphatic heterocycles. The topological polar surface area (TPSA) is 75.7 Å². The number of benzene rings is 4. The van der Waals surface area contributed by atoms with Crippen molar-refractivity contribution < 1.29 is 22.3 Å². The van der Waals surface area contributed by atoms with E-state index in [-0.39, 0.29) is 10.8 Å². The maximum atomic E-state index is 13.4. The van der Waals surface area contributed by atoms with Gasteiger partial charge in [0, 0.05) is 12.2 Å². The molecule has 1 heterocycles. The summed E-state index contributed by atoms with van der Waals surface area (Å²) in [6.07, 6.45) is 1.30. The lowest BCUT2D eigenvalue weighted by Crippen LogP contribution is -2.35. The minimum absolute atomic E-state index is 0.0357. The number of anilines is 2. The Labute approximate surface area is 209 Å². The molecule has 36 heavy (non-hydrogen) atoms. The number of fused-ring (bicyclic) bond motifs is 2. The lowest BCUT2D eigenvalue weighted by Gasteiger charge is -2.31. The number of nitrogens with zero attached hydrogens (tertiary/aromatic N) is 1. The van der Waals surface area contributed by atoms with Crippen LogP contribution < -0.4 is 14.4 Å². The highest BCUT2D eigenvalue weighted by Crippen LogP contribution is 2.35. The van der Waals surface area contributed by atoms with Crippen LogP contribution in [0.15, 0.2) is 83.8 Å². The minimum Gasteiger partial charge on any atom is -0.493 e. The molecule has 5 rings (SSSR count). The van der Waals surface area contributed by atoms with Crippen molar-refractivity contribution in [1.82, 2.24) is 0 Å². The van der Waals surface area contributed by atoms with Crippen LogP contribution in [0.3, 0.4) is 0 Å². The molecule has 0 radical (unpaired) electrons. The van der Waals surface area contributed by atoms with Crippen molar-refractivity contribution in [2.45, 2.75) is 24.7 Å². The fourth-order valence-electron chi connectivity index (χ4n) is 4.58. The summed E-state index contributed by atoms with van der Waals surface area (Å²) in [5.41, 5.74) is 2.39. The molecule has 0 unspecified atom stereocenters. The number of carbonyl (C=O) groups excluding carboxylic acids is 1. The van der Waals surface area contributed by atoms with Gasteiger partial charge in [0.05, 0.1) is 22.8 Å². The summed E-state index contributed by atoms with van der Waals surface area (Å²) in [4.78, 5) is 13.4. The minimum atomic E-state index is -3.84. The number of nitrogens with one attached hydrogen (secondary N) is 1. The number of aryl methyl sites for hydroxylation is 1. The lowest BCUT2D eigenvalue weighted by molar-refractivity contribution is 0.102. The van der Waals surface area contributed by atoms with Crippen LogP contribution >= 0.6 is 0 Å². The van der Waals surface area contributed by atoms with Crippen LogP contribution in [0.1, 0.15) is 29.3 Å². The van der Waals surface area contributed by atoms with Gasteiger partial charge >= 0.3 is 0 Å². The van der Waals surface area contributed by atoms with E-state index in [1.54, 1.807) is 18.2 Å². The van der Waals surface area contributed by atoms with Gasteiger partial charge in [-0.15, -0.1) is 0 Å². The van der Waals surface area contributed by atoms with Gasteiger partial charge in [-0.1, -0.05) is 30.3 Å². The second-order valence-corrected chi connectivity index (χ2v) is 10.4. The van der Waals surface area contributed by atoms with Crippen LogP contribution in [0.2, 0.25) is 0 Å². The number of ether oxygens (including phenoxy) is 1. The van der Waals surface area contributed by atoms with Crippen molar-refractivity contribution in [2.24, 2.45) is 0 Å². The SMILES string of the molecule is CCOc1ccc2ccccc2c1C(=O)Nc1ccc2c(c1)CCCN2S(=O)(=O)c1ccc(F)cc1. The summed E-state index contributed by atoms with van der Waals surface area (Å²) in [6.45, 7) is 2.62. The molecule has 0 bridgehead atoms. The lowest BCUT2D eigenvalue weighted by atomic mass is 10.0. The van der Waals surface area contributed by atoms with E-state index in [0.29, 0.717) is 48.7 Å². The molecule has 0 atom stereocenters. The molecule has 0 saturated carbocycles. The third kappa shape index (κ3) is 4.40. The predicted molar refractivity (Wildman–Crippen MR) is 139 cm³/mol. The van der Waals surface area contributed by atoms with Gasteiger partial charge in [-0.05, 0) is 84.6 Å². The van der Waals surface area contributed by atoms with Crippen LogP contribution in [0.4, 0.5) is 15.8 Å². The van der Waals surface area contributed by atoms with Crippen molar-refractivity contribution in [1.29, 1.82) is 0 Å². The molecule has 6 nitrogen and oxygen atoms in total. The molecule has 0 spiro atoms. The largest absolute Gasteiger partial charge is 0.493 e. The monoisotopic (exact) mass is 504 g/mol. The van der Waals surface area contributed by atoms with Crippen LogP contribution in [0.25, 0.3) is 10.8 Å². The first-order chi connectivity index (χ1) is 17.4. The summed E-state index contributed by atoms with van der Waals surface area (Å²) in [5, 5.41) is 4.68. The maximum Gasteiger partial charge on any atom is 0.264 e. The third-order valence-corrected chi connectivity index (χ3v) is 8.06. The molecule has 184 valence electrons. The molecule has 0 saturated heterocycles. The normalized spacial score (nSPS) is 13.3. The fourth-order valence-corrected chi connectivity index (χ4v) is 6.12. The zero-order chi connectivity index (χ0) is 25.3. The smallest absolute Gasteiger partial charge is 0.264 e. The molecule has 1 amide bonds. The van der Waals surface area contributed by atoms with Crippen LogP contribution in [0, 0.1) is 5.82 Å². The van der Waals surface area contributed by atoms with E-state index in [9.17, 15) is 17.6 Å². The summed E-state index contributed by atoms with van der Waals surface area (Å²) in [6, 6.07) is 21.4. The number of rotatable bonds is 6. The van der Waals surface area contributed by atoms with E-state index in [0.717, 1.165) is 28.5 Å². The van der Waals surface area contributed by atoms with Gasteiger partial charge in [0.15, 0.2) is 0 Å². The Balaban J connectivity index is 1.46. The zero-order valence-electron chi connectivity index (χ0n) is 19.7. The Morgan fingerprint density at radius 1 is 1.03 bits per heavy atom. The average Bonchev–Trinajstić information content (AvgIpc) is 2.88. The highest BCUT2D eigenvalue weighted by atomic mass is 32.2. The number of sulfonamides is 1. The summed E-state index contributed by atoms with van der Waals surface area (Å²) in [7, 11) is -3.84. The second-order valence-electron chi connectivity index (χ2n) is 8.53. The molecule has 0 aliphatic carbocycles. The first-order valence-corrected chi connectivity index (χ1v) is 13.2. The summed E-state index contributed by atoms with van der Waals surface area (Å²) < 4.78 is 46.9. The van der Waals surface area contributed by atoms with Crippen molar-refractivity contribution in [3.63, 3.8) is 0 Å². The molecular formula is C28H25FN2O4S. The van der Waals surface area contributed by atoms with Crippen LogP contribution in [0.5, 0.6) is 5.75 Å². The highest BCUT2D eigenvalue weighted by molar-refractivity contribution is 7.92. The average molecular weight is 505 g/mol. The number of carbonyl (C=O) groups is 1. The Morgan fingerprint density at radius 2 is 1.81 bits per heavy atom. The van der Waals surface area contributed by atoms with E-state index in [1.807, 2.05) is 43.3 Å². The molecular weight excluding hydrogens is 479 g/mol. The van der Waals surface area contributed by atoms with E-state index < -0.39 is 15.8 Å². The first kappa shape index (κ1) is 23.8. The molecule has 4 aromatic rings. The zero-order valence-corrected chi connectivity index (χ0v) is 20.5. The highest BCUT2D eigenvalue weighted by Gasteiger charge is 2.29. The number of amides is 1. The molecule has 1 aliphatic rings. The van der Waals surface area contributed by atoms with Crippen LogP contribution in [-0.4, -0.2) is 27.5 Å². The molecule has 0 fully saturated rings. The second kappa shape index (κ2) is 9.62. The van der Waals surface area contributed by atoms with Gasteiger partial charge in [0.1, 0.15) is 11.6 Å². The van der Waals surface area contributed by atoms with Crippen LogP contribution in [-0.2, 0) is 16.4 Å². The van der Waals surface area contributed by atoms with Gasteiger partial charge in [0.25, 0.3) is 15.9 Å². The van der Waals surface area contributed by atoms with Crippen molar-refractivity contribution in [3.8, 4) is 5.75 Å². The van der Waals surface area contributed by atoms with Crippen molar-refractivity contribution >= 4 is 38.1 Å². The molecule has 4 aromatic carbocycles. The van der Waals surface area contributed by atoms with E-state index in [4.69, 9.17) is 4.74 Å². The molecule has 8 heteroatoms. The molecule has 1 N–H and O–H groups in total. The summed E-state index contributed by atoms with van der Waals surface area (Å²) >= 11 is 0. The van der Waals surface area contributed by atoms with Gasteiger partial charge < -0.3 is 10.1 Å². The summed E-state index contributed by atoms with van der Waals surface area (Å²) in [5.74, 6) is -0.294. The Morgan fingerprint density at radius 3 is 2.58 bits per heavy atom. The Bertz CT molecular complexity index is 1550. The van der Waals surface area contributed by atoms with Crippen molar-refractivity contribution in [2.75, 3.05) is 22.8 Å². The van der Waals surface area contributed by atoms with Crippen molar-refractivity contribution in [3.05, 3.63) is 95.8 Å². The predicted octanol–water partition coefficient (Wildman–Crippen LogP) is 5.77. The quantitative estimate of drug-likeness (QED) is 0.362. The standard InChI is InChI=1S/C28H25FN2O4S/c1-2-35-26-16-9-19-6-3-4-8-24(19)27(26)28(32)30-22-12-15-25-20(18-22)7-5-17-31(25)36(33,34)23-13-10-21(29)11-14-23/h3-4,6,8-16,18H,2,5,7,17H2,1H3,(H,30,32). The maximum absolute atomic E-state index is 13.4. The van der Waals surface area contributed by atoms with E-state index in [1.165, 1.54) is 16.4 Å². The molecule has 0 aromatic heterocycles. The van der Waals surface area contributed by atoms with Gasteiger partial charge in [-0.2, -0.15) is 0 Å². The first-order valence-electron chi connectivity index (χ1n) is 11.8. The Kier molecular flexibility index (Phi) is 6.36. The number of halogens is 1. The van der Waals surface area contributed by atoms with Gasteiger partial charge in [-0.3, -0.25) is 9.10 Å². The fraction of sp³-hybridized carbons (Fsp3) is 0.179.